The number of aromatic nitrogens is 3. The van der Waals surface area contributed by atoms with Crippen LogP contribution in [0.4, 0.5) is 0 Å². The van der Waals surface area contributed by atoms with Gasteiger partial charge in [0.2, 0.25) is 0 Å². The molecule has 1 aromatic carbocycles. The summed E-state index contributed by atoms with van der Waals surface area (Å²) in [5.41, 5.74) is 1.41. The fourth-order valence-corrected chi connectivity index (χ4v) is 2.83. The zero-order valence-corrected chi connectivity index (χ0v) is 12.1. The lowest BCUT2D eigenvalue weighted by molar-refractivity contribution is 0.290. The molecule has 2 aromatic rings. The Morgan fingerprint density at radius 2 is 2.05 bits per heavy atom. The third-order valence-electron chi connectivity index (χ3n) is 3.97. The Hall–Kier alpha value is -1.39. The molecule has 1 aromatic heterocycles. The van der Waals surface area contributed by atoms with Gasteiger partial charge in [-0.3, -0.25) is 5.10 Å². The van der Waals surface area contributed by atoms with Gasteiger partial charge in [0.1, 0.15) is 12.2 Å². The smallest absolute Gasteiger partial charge is 0.137 e. The third-order valence-corrected chi connectivity index (χ3v) is 4.22. The Labute approximate surface area is 124 Å². The molecule has 0 spiro atoms. The minimum absolute atomic E-state index is 0.658. The SMILES string of the molecule is Clc1ccc(C2CC(NCCCc3ncn[nH]3)C2)cc1. The second-order valence-electron chi connectivity index (χ2n) is 5.41. The minimum atomic E-state index is 0.658. The average molecular weight is 291 g/mol. The van der Waals surface area contributed by atoms with Gasteiger partial charge in [0.05, 0.1) is 0 Å². The zero-order chi connectivity index (χ0) is 13.8. The highest BCUT2D eigenvalue weighted by Crippen LogP contribution is 2.37. The van der Waals surface area contributed by atoms with Crippen LogP contribution in [0.5, 0.6) is 0 Å². The Balaban J connectivity index is 1.33. The first-order chi connectivity index (χ1) is 9.81. The highest BCUT2D eigenvalue weighted by atomic mass is 35.5. The highest BCUT2D eigenvalue weighted by molar-refractivity contribution is 6.30. The standard InChI is InChI=1S/C15H19ClN4/c16-13-5-3-11(4-6-13)12-8-14(9-12)17-7-1-2-15-18-10-19-20-15/h3-6,10,12,14,17H,1-2,7-9H2,(H,18,19,20). The number of H-pyrrole nitrogens is 1. The number of aromatic amines is 1. The van der Waals surface area contributed by atoms with Crippen molar-refractivity contribution in [3.8, 4) is 0 Å². The topological polar surface area (TPSA) is 53.6 Å². The van der Waals surface area contributed by atoms with Gasteiger partial charge in [0.15, 0.2) is 0 Å². The van der Waals surface area contributed by atoms with E-state index in [4.69, 9.17) is 11.6 Å². The van der Waals surface area contributed by atoms with Gasteiger partial charge in [-0.1, -0.05) is 23.7 Å². The Bertz CT molecular complexity index is 517. The molecule has 0 atom stereocenters. The molecule has 20 heavy (non-hydrogen) atoms. The number of hydrogen-bond donors (Lipinski definition) is 2. The molecule has 0 radical (unpaired) electrons. The molecule has 0 bridgehead atoms. The van der Waals surface area contributed by atoms with Crippen LogP contribution in [0.3, 0.4) is 0 Å². The van der Waals surface area contributed by atoms with E-state index in [1.807, 2.05) is 12.1 Å². The van der Waals surface area contributed by atoms with Gasteiger partial charge in [0, 0.05) is 17.5 Å². The van der Waals surface area contributed by atoms with Crippen LogP contribution in [-0.4, -0.2) is 27.8 Å². The van der Waals surface area contributed by atoms with Crippen molar-refractivity contribution < 1.29 is 0 Å². The number of aryl methyl sites for hydroxylation is 1. The van der Waals surface area contributed by atoms with Crippen LogP contribution in [0, 0.1) is 0 Å². The van der Waals surface area contributed by atoms with Gasteiger partial charge in [-0.2, -0.15) is 5.10 Å². The average Bonchev–Trinajstić information content (AvgIpc) is 2.91. The lowest BCUT2D eigenvalue weighted by Crippen LogP contribution is -2.40. The highest BCUT2D eigenvalue weighted by Gasteiger charge is 2.29. The van der Waals surface area contributed by atoms with Crippen LogP contribution < -0.4 is 5.32 Å². The maximum Gasteiger partial charge on any atom is 0.137 e. The summed E-state index contributed by atoms with van der Waals surface area (Å²) in [6, 6.07) is 8.91. The summed E-state index contributed by atoms with van der Waals surface area (Å²) >= 11 is 5.91. The van der Waals surface area contributed by atoms with E-state index in [-0.39, 0.29) is 0 Å². The van der Waals surface area contributed by atoms with Crippen molar-refractivity contribution in [1.29, 1.82) is 0 Å². The van der Waals surface area contributed by atoms with Gasteiger partial charge >= 0.3 is 0 Å². The van der Waals surface area contributed by atoms with Crippen molar-refractivity contribution in [1.82, 2.24) is 20.5 Å². The summed E-state index contributed by atoms with van der Waals surface area (Å²) in [6.07, 6.45) is 6.07. The molecule has 106 valence electrons. The van der Waals surface area contributed by atoms with Crippen molar-refractivity contribution >= 4 is 11.6 Å². The van der Waals surface area contributed by atoms with E-state index in [0.717, 1.165) is 30.2 Å². The Kier molecular flexibility index (Phi) is 4.33. The maximum absolute atomic E-state index is 5.91. The number of nitrogens with zero attached hydrogens (tertiary/aromatic N) is 2. The number of halogens is 1. The lowest BCUT2D eigenvalue weighted by Gasteiger charge is -2.36. The fourth-order valence-electron chi connectivity index (χ4n) is 2.70. The second kappa shape index (κ2) is 6.37. The van der Waals surface area contributed by atoms with Crippen molar-refractivity contribution in [2.45, 2.75) is 37.6 Å². The molecule has 0 amide bonds. The summed E-state index contributed by atoms with van der Waals surface area (Å²) in [5, 5.41) is 11.2. The molecule has 5 heteroatoms. The quantitative estimate of drug-likeness (QED) is 0.804. The van der Waals surface area contributed by atoms with Gasteiger partial charge in [0.25, 0.3) is 0 Å². The molecule has 0 saturated heterocycles. The lowest BCUT2D eigenvalue weighted by atomic mass is 9.76. The molecular weight excluding hydrogens is 272 g/mol. The van der Waals surface area contributed by atoms with Crippen LogP contribution in [0.25, 0.3) is 0 Å². The molecule has 3 rings (SSSR count). The molecule has 0 aliphatic heterocycles. The van der Waals surface area contributed by atoms with Crippen LogP contribution in [0.1, 0.15) is 36.6 Å². The Morgan fingerprint density at radius 3 is 2.75 bits per heavy atom. The molecule has 1 saturated carbocycles. The monoisotopic (exact) mass is 290 g/mol. The normalized spacial score (nSPS) is 21.6. The summed E-state index contributed by atoms with van der Waals surface area (Å²) < 4.78 is 0. The third kappa shape index (κ3) is 3.38. The summed E-state index contributed by atoms with van der Waals surface area (Å²) in [7, 11) is 0. The van der Waals surface area contributed by atoms with Gasteiger partial charge in [-0.05, 0) is 49.4 Å². The summed E-state index contributed by atoms with van der Waals surface area (Å²) in [6.45, 7) is 1.04. The summed E-state index contributed by atoms with van der Waals surface area (Å²) in [5.74, 6) is 1.67. The second-order valence-corrected chi connectivity index (χ2v) is 5.84. The number of nitrogens with one attached hydrogen (secondary N) is 2. The number of hydrogen-bond acceptors (Lipinski definition) is 3. The molecule has 1 aliphatic rings. The molecule has 1 heterocycles. The molecule has 1 aliphatic carbocycles. The van der Waals surface area contributed by atoms with E-state index in [2.05, 4.69) is 32.6 Å². The first-order valence-electron chi connectivity index (χ1n) is 7.14. The number of rotatable bonds is 6. The van der Waals surface area contributed by atoms with E-state index in [0.29, 0.717) is 12.0 Å². The number of benzene rings is 1. The zero-order valence-electron chi connectivity index (χ0n) is 11.3. The summed E-state index contributed by atoms with van der Waals surface area (Å²) in [4.78, 5) is 4.12. The molecule has 0 unspecified atom stereocenters. The maximum atomic E-state index is 5.91. The van der Waals surface area contributed by atoms with Crippen molar-refractivity contribution in [3.63, 3.8) is 0 Å². The van der Waals surface area contributed by atoms with Gasteiger partial charge in [-0.25, -0.2) is 4.98 Å². The first kappa shape index (κ1) is 13.6. The van der Waals surface area contributed by atoms with E-state index >= 15 is 0 Å². The predicted octanol–water partition coefficient (Wildman–Crippen LogP) is 2.93. The van der Waals surface area contributed by atoms with E-state index in [1.54, 1.807) is 6.33 Å². The van der Waals surface area contributed by atoms with Crippen molar-refractivity contribution in [2.75, 3.05) is 6.54 Å². The van der Waals surface area contributed by atoms with E-state index in [1.165, 1.54) is 18.4 Å². The van der Waals surface area contributed by atoms with E-state index in [9.17, 15) is 0 Å². The van der Waals surface area contributed by atoms with E-state index < -0.39 is 0 Å². The van der Waals surface area contributed by atoms with Gasteiger partial charge in [-0.15, -0.1) is 0 Å². The predicted molar refractivity (Wildman–Crippen MR) is 79.9 cm³/mol. The van der Waals surface area contributed by atoms with Crippen LogP contribution in [-0.2, 0) is 6.42 Å². The molecule has 2 N–H and O–H groups in total. The van der Waals surface area contributed by atoms with Gasteiger partial charge < -0.3 is 5.32 Å². The van der Waals surface area contributed by atoms with Crippen molar-refractivity contribution in [3.05, 3.63) is 47.0 Å². The Morgan fingerprint density at radius 1 is 1.25 bits per heavy atom. The van der Waals surface area contributed by atoms with Crippen LogP contribution in [0.2, 0.25) is 5.02 Å². The molecular formula is C15H19ClN4. The largest absolute Gasteiger partial charge is 0.314 e. The van der Waals surface area contributed by atoms with Crippen LogP contribution in [0.15, 0.2) is 30.6 Å². The van der Waals surface area contributed by atoms with Crippen molar-refractivity contribution in [2.24, 2.45) is 0 Å². The minimum Gasteiger partial charge on any atom is -0.314 e. The fraction of sp³-hybridized carbons (Fsp3) is 0.467. The molecule has 4 nitrogen and oxygen atoms in total. The first-order valence-corrected chi connectivity index (χ1v) is 7.52. The molecule has 1 fully saturated rings. The van der Waals surface area contributed by atoms with Crippen LogP contribution >= 0.6 is 11.6 Å².